The van der Waals surface area contributed by atoms with Gasteiger partial charge < -0.3 is 15.2 Å². The molecule has 0 saturated heterocycles. The largest absolute Gasteiger partial charge is 0.490 e. The van der Waals surface area contributed by atoms with Crippen molar-refractivity contribution in [1.29, 1.82) is 0 Å². The summed E-state index contributed by atoms with van der Waals surface area (Å²) in [5.74, 6) is -1.18. The van der Waals surface area contributed by atoms with Gasteiger partial charge in [-0.2, -0.15) is 0 Å². The SMILES string of the molecule is CCCC(NC(=O)c1cc(Cl)ccc1OC(C)C)C(=O)O. The van der Waals surface area contributed by atoms with Crippen molar-refractivity contribution >= 4 is 23.5 Å². The molecular weight excluding hydrogens is 294 g/mol. The molecule has 0 spiro atoms. The van der Waals surface area contributed by atoms with E-state index in [-0.39, 0.29) is 11.7 Å². The maximum Gasteiger partial charge on any atom is 0.326 e. The summed E-state index contributed by atoms with van der Waals surface area (Å²) in [5.41, 5.74) is 0.235. The Morgan fingerprint density at radius 1 is 1.38 bits per heavy atom. The Labute approximate surface area is 129 Å². The number of carboxylic acid groups (broad SMARTS) is 1. The molecule has 1 aromatic rings. The molecule has 0 fully saturated rings. The number of carbonyl (C=O) groups is 2. The molecule has 1 unspecified atom stereocenters. The van der Waals surface area contributed by atoms with E-state index in [1.54, 1.807) is 12.1 Å². The lowest BCUT2D eigenvalue weighted by atomic mass is 10.1. The summed E-state index contributed by atoms with van der Waals surface area (Å²) in [7, 11) is 0. The zero-order valence-corrected chi connectivity index (χ0v) is 13.1. The molecule has 0 saturated carbocycles. The number of amides is 1. The quantitative estimate of drug-likeness (QED) is 0.811. The molecule has 0 aromatic heterocycles. The van der Waals surface area contributed by atoms with Crippen LogP contribution in [-0.2, 0) is 4.79 Å². The van der Waals surface area contributed by atoms with E-state index in [0.29, 0.717) is 23.6 Å². The second-order valence-electron chi connectivity index (χ2n) is 4.96. The highest BCUT2D eigenvalue weighted by molar-refractivity contribution is 6.31. The average molecular weight is 314 g/mol. The lowest BCUT2D eigenvalue weighted by Gasteiger charge is -2.17. The normalized spacial score (nSPS) is 12.0. The second kappa shape index (κ2) is 7.88. The number of carbonyl (C=O) groups excluding carboxylic acids is 1. The molecule has 0 radical (unpaired) electrons. The minimum atomic E-state index is -1.06. The first-order chi connectivity index (χ1) is 9.85. The van der Waals surface area contributed by atoms with Crippen LogP contribution >= 0.6 is 11.6 Å². The minimum Gasteiger partial charge on any atom is -0.490 e. The molecule has 0 aliphatic rings. The fourth-order valence-electron chi connectivity index (χ4n) is 1.82. The molecule has 1 amide bonds. The lowest BCUT2D eigenvalue weighted by molar-refractivity contribution is -0.139. The van der Waals surface area contributed by atoms with Crippen LogP contribution in [0.2, 0.25) is 5.02 Å². The van der Waals surface area contributed by atoms with E-state index >= 15 is 0 Å². The first kappa shape index (κ1) is 17.3. The van der Waals surface area contributed by atoms with Gasteiger partial charge in [-0.1, -0.05) is 24.9 Å². The monoisotopic (exact) mass is 313 g/mol. The standard InChI is InChI=1S/C15H20ClNO4/c1-4-5-12(15(19)20)17-14(18)11-8-10(16)6-7-13(11)21-9(2)3/h6-9,12H,4-5H2,1-3H3,(H,17,18)(H,19,20). The second-order valence-corrected chi connectivity index (χ2v) is 5.40. The first-order valence-corrected chi connectivity index (χ1v) is 7.22. The van der Waals surface area contributed by atoms with Crippen LogP contribution in [0.25, 0.3) is 0 Å². The molecule has 21 heavy (non-hydrogen) atoms. The zero-order valence-electron chi connectivity index (χ0n) is 12.4. The van der Waals surface area contributed by atoms with E-state index in [1.807, 2.05) is 20.8 Å². The van der Waals surface area contributed by atoms with Crippen molar-refractivity contribution < 1.29 is 19.4 Å². The van der Waals surface area contributed by atoms with Gasteiger partial charge >= 0.3 is 5.97 Å². The first-order valence-electron chi connectivity index (χ1n) is 6.85. The molecule has 2 N–H and O–H groups in total. The van der Waals surface area contributed by atoms with Crippen LogP contribution in [-0.4, -0.2) is 29.1 Å². The molecule has 1 aromatic carbocycles. The van der Waals surface area contributed by atoms with E-state index in [9.17, 15) is 9.59 Å². The van der Waals surface area contributed by atoms with E-state index < -0.39 is 17.9 Å². The van der Waals surface area contributed by atoms with E-state index in [4.69, 9.17) is 21.4 Å². The summed E-state index contributed by atoms with van der Waals surface area (Å²) in [6, 6.07) is 3.77. The molecule has 0 bridgehead atoms. The Bertz CT molecular complexity index is 516. The smallest absolute Gasteiger partial charge is 0.326 e. The average Bonchev–Trinajstić information content (AvgIpc) is 2.39. The Morgan fingerprint density at radius 2 is 2.05 bits per heavy atom. The van der Waals surface area contributed by atoms with Crippen molar-refractivity contribution in [2.75, 3.05) is 0 Å². The van der Waals surface area contributed by atoms with Crippen molar-refractivity contribution in [3.63, 3.8) is 0 Å². The van der Waals surface area contributed by atoms with Gasteiger partial charge in [-0.3, -0.25) is 4.79 Å². The topological polar surface area (TPSA) is 75.6 Å². The van der Waals surface area contributed by atoms with Gasteiger partial charge in [-0.15, -0.1) is 0 Å². The van der Waals surface area contributed by atoms with E-state index in [1.165, 1.54) is 6.07 Å². The van der Waals surface area contributed by atoms with Crippen LogP contribution in [0.3, 0.4) is 0 Å². The van der Waals surface area contributed by atoms with Crippen LogP contribution < -0.4 is 10.1 Å². The number of hydrogen-bond acceptors (Lipinski definition) is 3. The lowest BCUT2D eigenvalue weighted by Crippen LogP contribution is -2.40. The molecule has 0 aliphatic heterocycles. The number of ether oxygens (including phenoxy) is 1. The van der Waals surface area contributed by atoms with E-state index in [0.717, 1.165) is 0 Å². The van der Waals surface area contributed by atoms with Crippen molar-refractivity contribution in [2.45, 2.75) is 45.8 Å². The van der Waals surface area contributed by atoms with Crippen LogP contribution in [0.4, 0.5) is 0 Å². The van der Waals surface area contributed by atoms with Gasteiger partial charge in [0.2, 0.25) is 0 Å². The predicted octanol–water partition coefficient (Wildman–Crippen LogP) is 3.11. The number of carboxylic acids is 1. The third-order valence-electron chi connectivity index (χ3n) is 2.73. The third-order valence-corrected chi connectivity index (χ3v) is 2.96. The maximum atomic E-state index is 12.3. The Morgan fingerprint density at radius 3 is 2.57 bits per heavy atom. The molecule has 6 heteroatoms. The van der Waals surface area contributed by atoms with Gasteiger partial charge in [-0.05, 0) is 38.5 Å². The zero-order chi connectivity index (χ0) is 16.0. The molecular formula is C15H20ClNO4. The molecule has 5 nitrogen and oxygen atoms in total. The van der Waals surface area contributed by atoms with Crippen LogP contribution in [0.15, 0.2) is 18.2 Å². The molecule has 1 rings (SSSR count). The van der Waals surface area contributed by atoms with Crippen molar-refractivity contribution in [1.82, 2.24) is 5.32 Å². The highest BCUT2D eigenvalue weighted by Crippen LogP contribution is 2.24. The van der Waals surface area contributed by atoms with Crippen LogP contribution in [0.1, 0.15) is 44.0 Å². The summed E-state index contributed by atoms with van der Waals surface area (Å²) in [6.45, 7) is 5.54. The number of benzene rings is 1. The number of aliphatic carboxylic acids is 1. The van der Waals surface area contributed by atoms with Gasteiger partial charge in [0.15, 0.2) is 0 Å². The molecule has 0 aliphatic carbocycles. The van der Waals surface area contributed by atoms with Gasteiger partial charge in [0.05, 0.1) is 11.7 Å². The van der Waals surface area contributed by atoms with Gasteiger partial charge in [0.1, 0.15) is 11.8 Å². The Balaban J connectivity index is 2.99. The summed E-state index contributed by atoms with van der Waals surface area (Å²) in [5, 5.41) is 12.0. The molecule has 0 heterocycles. The van der Waals surface area contributed by atoms with Crippen molar-refractivity contribution in [3.05, 3.63) is 28.8 Å². The van der Waals surface area contributed by atoms with E-state index in [2.05, 4.69) is 5.32 Å². The fourth-order valence-corrected chi connectivity index (χ4v) is 1.99. The minimum absolute atomic E-state index is 0.108. The van der Waals surface area contributed by atoms with Crippen LogP contribution in [0, 0.1) is 0 Å². The molecule has 116 valence electrons. The Hall–Kier alpha value is -1.75. The van der Waals surface area contributed by atoms with Crippen LogP contribution in [0.5, 0.6) is 5.75 Å². The highest BCUT2D eigenvalue weighted by Gasteiger charge is 2.22. The predicted molar refractivity (Wildman–Crippen MR) is 81.0 cm³/mol. The Kier molecular flexibility index (Phi) is 6.49. The highest BCUT2D eigenvalue weighted by atomic mass is 35.5. The van der Waals surface area contributed by atoms with Gasteiger partial charge in [-0.25, -0.2) is 4.79 Å². The molecule has 1 atom stereocenters. The summed E-state index contributed by atoms with van der Waals surface area (Å²) < 4.78 is 5.56. The summed E-state index contributed by atoms with van der Waals surface area (Å²) in [4.78, 5) is 23.4. The fraction of sp³-hybridized carbons (Fsp3) is 0.467. The number of nitrogens with one attached hydrogen (secondary N) is 1. The number of rotatable bonds is 7. The van der Waals surface area contributed by atoms with Crippen molar-refractivity contribution in [2.24, 2.45) is 0 Å². The van der Waals surface area contributed by atoms with Crippen molar-refractivity contribution in [3.8, 4) is 5.75 Å². The number of halogens is 1. The summed E-state index contributed by atoms with van der Waals surface area (Å²) in [6.07, 6.45) is 0.910. The third kappa shape index (κ3) is 5.27. The van der Waals surface area contributed by atoms with Gasteiger partial charge in [0.25, 0.3) is 5.91 Å². The maximum absolute atomic E-state index is 12.3. The summed E-state index contributed by atoms with van der Waals surface area (Å²) >= 11 is 5.91. The number of hydrogen-bond donors (Lipinski definition) is 2. The van der Waals surface area contributed by atoms with Gasteiger partial charge in [0, 0.05) is 5.02 Å².